The lowest BCUT2D eigenvalue weighted by molar-refractivity contribution is -0.141. The van der Waals surface area contributed by atoms with Gasteiger partial charge in [-0.05, 0) is 36.4 Å². The molecule has 1 aliphatic heterocycles. The van der Waals surface area contributed by atoms with E-state index in [-0.39, 0.29) is 6.61 Å². The smallest absolute Gasteiger partial charge is 0.340 e. The average Bonchev–Trinajstić information content (AvgIpc) is 3.24. The maximum absolute atomic E-state index is 12.8. The molecule has 4 atom stereocenters. The molecule has 8 nitrogen and oxygen atoms in total. The highest BCUT2D eigenvalue weighted by atomic mass is 16.7. The first-order valence-electron chi connectivity index (χ1n) is 11.0. The monoisotopic (exact) mass is 476 g/mol. The first kappa shape index (κ1) is 24.1. The SMILES string of the molecule is CO[C@H]1[C@@H](COC(=O)c2ccccc2)OC(OC(=O)c2ccccc2)[C@@H]1OC(=O)c1ccccc1. The number of benzene rings is 3. The maximum atomic E-state index is 12.8. The fourth-order valence-corrected chi connectivity index (χ4v) is 3.66. The van der Waals surface area contributed by atoms with Crippen molar-refractivity contribution in [2.75, 3.05) is 13.7 Å². The van der Waals surface area contributed by atoms with Crippen LogP contribution in [0.5, 0.6) is 0 Å². The van der Waals surface area contributed by atoms with Crippen LogP contribution in [0.25, 0.3) is 0 Å². The van der Waals surface area contributed by atoms with E-state index in [1.54, 1.807) is 91.0 Å². The Balaban J connectivity index is 1.51. The Morgan fingerprint density at radius 3 is 1.60 bits per heavy atom. The standard InChI is InChI=1S/C27H24O8/c1-31-22-21(17-32-24(28)18-11-5-2-6-12-18)33-27(35-26(30)20-15-9-4-10-16-20)23(22)34-25(29)19-13-7-3-8-14-19/h2-16,21-23,27H,17H2,1H3/t21-,22+,23-,27?/m1/s1. The highest BCUT2D eigenvalue weighted by molar-refractivity contribution is 5.90. The van der Waals surface area contributed by atoms with Gasteiger partial charge in [-0.25, -0.2) is 14.4 Å². The molecule has 3 aromatic rings. The molecule has 0 amide bonds. The zero-order valence-corrected chi connectivity index (χ0v) is 18.9. The minimum Gasteiger partial charge on any atom is -0.459 e. The highest BCUT2D eigenvalue weighted by Crippen LogP contribution is 2.29. The van der Waals surface area contributed by atoms with Gasteiger partial charge in [0.15, 0.2) is 6.10 Å². The Kier molecular flexibility index (Phi) is 7.87. The van der Waals surface area contributed by atoms with Gasteiger partial charge >= 0.3 is 17.9 Å². The van der Waals surface area contributed by atoms with Crippen LogP contribution in [0.4, 0.5) is 0 Å². The molecule has 35 heavy (non-hydrogen) atoms. The molecule has 0 radical (unpaired) electrons. The third-order valence-electron chi connectivity index (χ3n) is 5.41. The number of esters is 3. The molecule has 0 N–H and O–H groups in total. The van der Waals surface area contributed by atoms with Gasteiger partial charge in [0, 0.05) is 7.11 Å². The molecule has 3 aromatic carbocycles. The highest BCUT2D eigenvalue weighted by Gasteiger charge is 2.50. The molecule has 0 spiro atoms. The van der Waals surface area contributed by atoms with Gasteiger partial charge in [-0.3, -0.25) is 0 Å². The lowest BCUT2D eigenvalue weighted by Crippen LogP contribution is -2.41. The molecule has 4 rings (SSSR count). The van der Waals surface area contributed by atoms with E-state index in [1.165, 1.54) is 7.11 Å². The zero-order chi connectivity index (χ0) is 24.6. The summed E-state index contributed by atoms with van der Waals surface area (Å²) >= 11 is 0. The molecule has 0 aliphatic carbocycles. The quantitative estimate of drug-likeness (QED) is 0.359. The lowest BCUT2D eigenvalue weighted by atomic mass is 10.1. The number of hydrogen-bond donors (Lipinski definition) is 0. The van der Waals surface area contributed by atoms with Crippen molar-refractivity contribution in [2.45, 2.75) is 24.6 Å². The molecule has 8 heteroatoms. The van der Waals surface area contributed by atoms with E-state index in [1.807, 2.05) is 0 Å². The number of ether oxygens (including phenoxy) is 5. The second-order valence-electron chi connectivity index (χ2n) is 7.72. The minimum atomic E-state index is -1.28. The number of methoxy groups -OCH3 is 1. The van der Waals surface area contributed by atoms with E-state index in [0.717, 1.165) is 0 Å². The van der Waals surface area contributed by atoms with Crippen molar-refractivity contribution in [1.82, 2.24) is 0 Å². The van der Waals surface area contributed by atoms with Gasteiger partial charge in [0.2, 0.25) is 6.29 Å². The van der Waals surface area contributed by atoms with Gasteiger partial charge in [-0.2, -0.15) is 0 Å². The number of hydrogen-bond acceptors (Lipinski definition) is 8. The van der Waals surface area contributed by atoms with Crippen molar-refractivity contribution in [2.24, 2.45) is 0 Å². The molecular formula is C27H24O8. The van der Waals surface area contributed by atoms with Crippen LogP contribution in [0.15, 0.2) is 91.0 Å². The maximum Gasteiger partial charge on any atom is 0.340 e. The molecule has 0 aromatic heterocycles. The molecule has 1 fully saturated rings. The van der Waals surface area contributed by atoms with Crippen LogP contribution in [0, 0.1) is 0 Å². The summed E-state index contributed by atoms with van der Waals surface area (Å²) in [4.78, 5) is 37.8. The summed E-state index contributed by atoms with van der Waals surface area (Å²) in [5, 5.41) is 0. The predicted molar refractivity (Wildman–Crippen MR) is 124 cm³/mol. The topological polar surface area (TPSA) is 97.4 Å². The van der Waals surface area contributed by atoms with E-state index in [2.05, 4.69) is 0 Å². The van der Waals surface area contributed by atoms with Crippen molar-refractivity contribution in [3.05, 3.63) is 108 Å². The fraction of sp³-hybridized carbons (Fsp3) is 0.222. The summed E-state index contributed by atoms with van der Waals surface area (Å²) in [7, 11) is 1.41. The lowest BCUT2D eigenvalue weighted by Gasteiger charge is -2.23. The van der Waals surface area contributed by atoms with Gasteiger partial charge in [0.1, 0.15) is 18.8 Å². The molecule has 180 valence electrons. The van der Waals surface area contributed by atoms with E-state index in [4.69, 9.17) is 23.7 Å². The molecule has 1 aliphatic rings. The summed E-state index contributed by atoms with van der Waals surface area (Å²) in [6.07, 6.45) is -4.09. The number of carbonyl (C=O) groups is 3. The van der Waals surface area contributed by atoms with Gasteiger partial charge in [-0.15, -0.1) is 0 Å². The van der Waals surface area contributed by atoms with E-state index in [9.17, 15) is 14.4 Å². The van der Waals surface area contributed by atoms with Crippen molar-refractivity contribution < 1.29 is 38.1 Å². The van der Waals surface area contributed by atoms with Gasteiger partial charge in [-0.1, -0.05) is 54.6 Å². The van der Waals surface area contributed by atoms with Crippen molar-refractivity contribution in [3.8, 4) is 0 Å². The average molecular weight is 476 g/mol. The van der Waals surface area contributed by atoms with E-state index >= 15 is 0 Å². The predicted octanol–water partition coefficient (Wildman–Crippen LogP) is 3.67. The van der Waals surface area contributed by atoms with E-state index < -0.39 is 42.5 Å². The minimum absolute atomic E-state index is 0.203. The Morgan fingerprint density at radius 2 is 1.11 bits per heavy atom. The van der Waals surface area contributed by atoms with Crippen LogP contribution in [-0.4, -0.2) is 56.2 Å². The summed E-state index contributed by atoms with van der Waals surface area (Å²) in [5.41, 5.74) is 0.991. The number of rotatable bonds is 8. The molecule has 0 saturated carbocycles. The molecule has 1 unspecified atom stereocenters. The van der Waals surface area contributed by atoms with Crippen LogP contribution >= 0.6 is 0 Å². The van der Waals surface area contributed by atoms with Crippen LogP contribution in [0.2, 0.25) is 0 Å². The van der Waals surface area contributed by atoms with Crippen LogP contribution < -0.4 is 0 Å². The van der Waals surface area contributed by atoms with E-state index in [0.29, 0.717) is 16.7 Å². The first-order chi connectivity index (χ1) is 17.1. The fourth-order valence-electron chi connectivity index (χ4n) is 3.66. The van der Waals surface area contributed by atoms with Crippen LogP contribution in [-0.2, 0) is 23.7 Å². The second-order valence-corrected chi connectivity index (χ2v) is 7.72. The Labute approximate surface area is 202 Å². The normalized spacial score (nSPS) is 21.2. The van der Waals surface area contributed by atoms with Crippen LogP contribution in [0.1, 0.15) is 31.1 Å². The number of carbonyl (C=O) groups excluding carboxylic acids is 3. The molecule has 0 bridgehead atoms. The first-order valence-corrected chi connectivity index (χ1v) is 11.0. The third kappa shape index (κ3) is 5.92. The van der Waals surface area contributed by atoms with Crippen LogP contribution in [0.3, 0.4) is 0 Å². The van der Waals surface area contributed by atoms with Gasteiger partial charge in [0.25, 0.3) is 0 Å². The summed E-state index contributed by atoms with van der Waals surface area (Å²) < 4.78 is 28.0. The van der Waals surface area contributed by atoms with Crippen molar-refractivity contribution in [3.63, 3.8) is 0 Å². The summed E-state index contributed by atoms with van der Waals surface area (Å²) in [6.45, 7) is -0.203. The van der Waals surface area contributed by atoms with Gasteiger partial charge in [0.05, 0.1) is 16.7 Å². The second kappa shape index (κ2) is 11.4. The molecule has 1 heterocycles. The Morgan fingerprint density at radius 1 is 0.657 bits per heavy atom. The molecular weight excluding hydrogens is 452 g/mol. The van der Waals surface area contributed by atoms with Crippen molar-refractivity contribution >= 4 is 17.9 Å². The summed E-state index contributed by atoms with van der Waals surface area (Å²) in [6, 6.07) is 25.2. The van der Waals surface area contributed by atoms with Crippen molar-refractivity contribution in [1.29, 1.82) is 0 Å². The Bertz CT molecular complexity index is 1130. The summed E-state index contributed by atoms with van der Waals surface area (Å²) in [5.74, 6) is -1.84. The zero-order valence-electron chi connectivity index (χ0n) is 18.9. The Hall–Kier alpha value is -4.01. The van der Waals surface area contributed by atoms with Gasteiger partial charge < -0.3 is 23.7 Å². The largest absolute Gasteiger partial charge is 0.459 e. The molecule has 1 saturated heterocycles. The third-order valence-corrected chi connectivity index (χ3v) is 5.41.